The first-order valence-corrected chi connectivity index (χ1v) is 8.96. The first kappa shape index (κ1) is 15.3. The molecule has 3 aromatic heterocycles. The molecule has 7 heteroatoms. The molecule has 124 valence electrons. The largest absolute Gasteiger partial charge is 0.418 e. The molecule has 6 nitrogen and oxygen atoms in total. The quantitative estimate of drug-likeness (QED) is 0.727. The highest BCUT2D eigenvalue weighted by Crippen LogP contribution is 2.27. The average molecular weight is 341 g/mol. The molecular formula is C17H19N5OS. The van der Waals surface area contributed by atoms with Gasteiger partial charge in [-0.3, -0.25) is 4.90 Å². The van der Waals surface area contributed by atoms with Gasteiger partial charge in [-0.1, -0.05) is 12.1 Å². The molecule has 0 unspecified atom stereocenters. The molecule has 24 heavy (non-hydrogen) atoms. The molecular weight excluding hydrogens is 322 g/mol. The molecule has 0 bridgehead atoms. The van der Waals surface area contributed by atoms with E-state index in [4.69, 9.17) is 4.42 Å². The van der Waals surface area contributed by atoms with Gasteiger partial charge in [0.25, 0.3) is 5.89 Å². The summed E-state index contributed by atoms with van der Waals surface area (Å²) < 4.78 is 5.88. The van der Waals surface area contributed by atoms with E-state index in [0.717, 1.165) is 36.9 Å². The molecule has 4 heterocycles. The maximum atomic E-state index is 5.88. The summed E-state index contributed by atoms with van der Waals surface area (Å²) in [4.78, 5) is 10.1. The molecule has 1 atom stereocenters. The van der Waals surface area contributed by atoms with Crippen LogP contribution in [0.1, 0.15) is 18.9 Å². The summed E-state index contributed by atoms with van der Waals surface area (Å²) in [6.45, 7) is 5.94. The van der Waals surface area contributed by atoms with Crippen LogP contribution < -0.4 is 4.90 Å². The lowest BCUT2D eigenvalue weighted by molar-refractivity contribution is 0.173. The van der Waals surface area contributed by atoms with E-state index in [1.165, 1.54) is 0 Å². The third-order valence-corrected chi connectivity index (χ3v) is 5.22. The van der Waals surface area contributed by atoms with Crippen molar-refractivity contribution in [2.24, 2.45) is 0 Å². The van der Waals surface area contributed by atoms with Gasteiger partial charge in [0.2, 0.25) is 5.89 Å². The van der Waals surface area contributed by atoms with Crippen molar-refractivity contribution in [1.29, 1.82) is 0 Å². The van der Waals surface area contributed by atoms with Gasteiger partial charge in [-0.05, 0) is 30.5 Å². The number of anilines is 1. The fourth-order valence-corrected chi connectivity index (χ4v) is 3.58. The van der Waals surface area contributed by atoms with Crippen LogP contribution in [0.5, 0.6) is 0 Å². The second kappa shape index (κ2) is 6.70. The Hall–Kier alpha value is -2.25. The van der Waals surface area contributed by atoms with Gasteiger partial charge in [-0.25, -0.2) is 4.98 Å². The van der Waals surface area contributed by atoms with Crippen molar-refractivity contribution in [2.45, 2.75) is 13.0 Å². The van der Waals surface area contributed by atoms with Gasteiger partial charge in [-0.15, -0.1) is 21.5 Å². The van der Waals surface area contributed by atoms with Crippen LogP contribution in [0.2, 0.25) is 0 Å². The van der Waals surface area contributed by atoms with Crippen LogP contribution in [0.3, 0.4) is 0 Å². The Morgan fingerprint density at radius 2 is 1.96 bits per heavy atom. The number of thiophene rings is 1. The van der Waals surface area contributed by atoms with Crippen LogP contribution in [-0.4, -0.2) is 46.3 Å². The van der Waals surface area contributed by atoms with Crippen molar-refractivity contribution in [3.63, 3.8) is 0 Å². The lowest BCUT2D eigenvalue weighted by atomic mass is 10.2. The smallest absolute Gasteiger partial charge is 0.257 e. The highest BCUT2D eigenvalue weighted by Gasteiger charge is 2.26. The highest BCUT2D eigenvalue weighted by atomic mass is 32.1. The predicted octanol–water partition coefficient (Wildman–Crippen LogP) is 3.08. The van der Waals surface area contributed by atoms with E-state index < -0.39 is 0 Å². The minimum absolute atomic E-state index is 0.122. The topological polar surface area (TPSA) is 58.3 Å². The van der Waals surface area contributed by atoms with Crippen molar-refractivity contribution in [3.05, 3.63) is 47.8 Å². The van der Waals surface area contributed by atoms with Gasteiger partial charge < -0.3 is 9.32 Å². The number of hydrogen-bond donors (Lipinski definition) is 0. The SMILES string of the molecule is C[C@@H](c1nnc(-c2cccs2)o1)N1CCN(c2ccccn2)CC1. The Labute approximate surface area is 144 Å². The molecule has 1 saturated heterocycles. The van der Waals surface area contributed by atoms with Crippen molar-refractivity contribution >= 4 is 17.2 Å². The maximum absolute atomic E-state index is 5.88. The van der Waals surface area contributed by atoms with E-state index in [9.17, 15) is 0 Å². The molecule has 0 radical (unpaired) electrons. The van der Waals surface area contributed by atoms with Crippen LogP contribution in [-0.2, 0) is 0 Å². The molecule has 0 saturated carbocycles. The van der Waals surface area contributed by atoms with E-state index in [0.29, 0.717) is 11.8 Å². The Kier molecular flexibility index (Phi) is 4.27. The predicted molar refractivity (Wildman–Crippen MR) is 94.0 cm³/mol. The first-order chi connectivity index (χ1) is 11.8. The fraction of sp³-hybridized carbons (Fsp3) is 0.353. The van der Waals surface area contributed by atoms with Gasteiger partial charge in [0.15, 0.2) is 0 Å². The van der Waals surface area contributed by atoms with Crippen LogP contribution >= 0.6 is 11.3 Å². The minimum Gasteiger partial charge on any atom is -0.418 e. The monoisotopic (exact) mass is 341 g/mol. The van der Waals surface area contributed by atoms with E-state index in [-0.39, 0.29) is 6.04 Å². The molecule has 1 aliphatic heterocycles. The Morgan fingerprint density at radius 3 is 2.67 bits per heavy atom. The fourth-order valence-electron chi connectivity index (χ4n) is 2.94. The molecule has 4 rings (SSSR count). The summed E-state index contributed by atoms with van der Waals surface area (Å²) in [6, 6.07) is 10.1. The summed E-state index contributed by atoms with van der Waals surface area (Å²) in [5.41, 5.74) is 0. The van der Waals surface area contributed by atoms with Gasteiger partial charge in [-0.2, -0.15) is 0 Å². The van der Waals surface area contributed by atoms with E-state index >= 15 is 0 Å². The van der Waals surface area contributed by atoms with E-state index in [1.807, 2.05) is 35.8 Å². The number of pyridine rings is 1. The number of hydrogen-bond acceptors (Lipinski definition) is 7. The summed E-state index contributed by atoms with van der Waals surface area (Å²) >= 11 is 1.61. The summed E-state index contributed by atoms with van der Waals surface area (Å²) in [5, 5.41) is 10.4. The van der Waals surface area contributed by atoms with E-state index in [2.05, 4.69) is 38.0 Å². The normalized spacial score (nSPS) is 17.1. The van der Waals surface area contributed by atoms with Gasteiger partial charge >= 0.3 is 0 Å². The van der Waals surface area contributed by atoms with Crippen LogP contribution in [0.25, 0.3) is 10.8 Å². The lowest BCUT2D eigenvalue weighted by Gasteiger charge is -2.37. The Balaban J connectivity index is 1.40. The molecule has 1 aliphatic rings. The van der Waals surface area contributed by atoms with Gasteiger partial charge in [0, 0.05) is 32.4 Å². The molecule has 0 aromatic carbocycles. The number of rotatable bonds is 4. The third-order valence-electron chi connectivity index (χ3n) is 4.37. The molecule has 0 spiro atoms. The zero-order valence-electron chi connectivity index (χ0n) is 13.5. The van der Waals surface area contributed by atoms with Gasteiger partial charge in [0.05, 0.1) is 10.9 Å². The Morgan fingerprint density at radius 1 is 1.08 bits per heavy atom. The molecule has 0 amide bonds. The van der Waals surface area contributed by atoms with E-state index in [1.54, 1.807) is 11.3 Å². The van der Waals surface area contributed by atoms with Crippen molar-refractivity contribution in [2.75, 3.05) is 31.1 Å². The maximum Gasteiger partial charge on any atom is 0.257 e. The standard InChI is InChI=1S/C17H19N5OS/c1-13(16-19-20-17(23-16)14-5-4-12-24-14)21-8-10-22(11-9-21)15-6-2-3-7-18-15/h2-7,12-13H,8-11H2,1H3/t13-/m0/s1. The third kappa shape index (κ3) is 3.05. The Bertz CT molecular complexity index is 765. The van der Waals surface area contributed by atoms with Crippen molar-refractivity contribution in [3.8, 4) is 10.8 Å². The second-order valence-electron chi connectivity index (χ2n) is 5.81. The van der Waals surface area contributed by atoms with Crippen LogP contribution in [0.15, 0.2) is 46.3 Å². The molecule has 1 fully saturated rings. The number of nitrogens with zero attached hydrogens (tertiary/aromatic N) is 5. The molecule has 3 aromatic rings. The lowest BCUT2D eigenvalue weighted by Crippen LogP contribution is -2.47. The second-order valence-corrected chi connectivity index (χ2v) is 6.76. The average Bonchev–Trinajstić information content (AvgIpc) is 3.33. The van der Waals surface area contributed by atoms with Crippen molar-refractivity contribution < 1.29 is 4.42 Å². The molecule has 0 aliphatic carbocycles. The number of piperazine rings is 1. The highest BCUT2D eigenvalue weighted by molar-refractivity contribution is 7.13. The summed E-state index contributed by atoms with van der Waals surface area (Å²) in [7, 11) is 0. The summed E-state index contributed by atoms with van der Waals surface area (Å²) in [6.07, 6.45) is 1.84. The first-order valence-electron chi connectivity index (χ1n) is 8.08. The zero-order chi connectivity index (χ0) is 16.4. The minimum atomic E-state index is 0.122. The van der Waals surface area contributed by atoms with Gasteiger partial charge in [0.1, 0.15) is 5.82 Å². The van der Waals surface area contributed by atoms with Crippen LogP contribution in [0.4, 0.5) is 5.82 Å². The zero-order valence-corrected chi connectivity index (χ0v) is 14.3. The van der Waals surface area contributed by atoms with Crippen molar-refractivity contribution in [1.82, 2.24) is 20.1 Å². The summed E-state index contributed by atoms with van der Waals surface area (Å²) in [5.74, 6) is 2.34. The molecule has 0 N–H and O–H groups in total. The van der Waals surface area contributed by atoms with Crippen LogP contribution in [0, 0.1) is 0 Å². The number of aromatic nitrogens is 3.